The summed E-state index contributed by atoms with van der Waals surface area (Å²) in [4.78, 5) is 30.9. The van der Waals surface area contributed by atoms with Crippen LogP contribution in [0.3, 0.4) is 0 Å². The van der Waals surface area contributed by atoms with Crippen molar-refractivity contribution in [3.63, 3.8) is 0 Å². The van der Waals surface area contributed by atoms with Gasteiger partial charge in [0.15, 0.2) is 5.13 Å². The summed E-state index contributed by atoms with van der Waals surface area (Å²) in [7, 11) is -4.34. The van der Waals surface area contributed by atoms with Crippen molar-refractivity contribution in [1.29, 1.82) is 0 Å². The van der Waals surface area contributed by atoms with E-state index in [1.165, 1.54) is 5.56 Å². The van der Waals surface area contributed by atoms with Crippen molar-refractivity contribution in [2.45, 2.75) is 56.5 Å². The Kier molecular flexibility index (Phi) is 8.42. The van der Waals surface area contributed by atoms with E-state index in [4.69, 9.17) is 0 Å². The van der Waals surface area contributed by atoms with Crippen LogP contribution in [0.4, 0.5) is 18.3 Å². The van der Waals surface area contributed by atoms with E-state index < -0.39 is 40.1 Å². The summed E-state index contributed by atoms with van der Waals surface area (Å²) >= 11 is 0.930. The smallest absolute Gasteiger partial charge is 0.477 e. The Morgan fingerprint density at radius 3 is 2.40 bits per heavy atom. The number of anilines is 1. The van der Waals surface area contributed by atoms with E-state index in [-0.39, 0.29) is 36.0 Å². The molecule has 15 heteroatoms. The minimum absolute atomic E-state index is 0.0392. The van der Waals surface area contributed by atoms with E-state index in [1.807, 2.05) is 19.1 Å². The number of sulfonamides is 1. The molecule has 43 heavy (non-hydrogen) atoms. The van der Waals surface area contributed by atoms with Crippen LogP contribution >= 0.6 is 11.3 Å². The Balaban J connectivity index is 1.39. The SMILES string of the molecule is Cc1cc(C2CC2)ccc1CNC(=O)[C@H]1CN(c2nc(C)c(C(=O)O)s2)CCN1S(=O)(=O)c1ccc(OC(F)(F)F)cc1. The second-order valence-corrected chi connectivity index (χ2v) is 13.4. The number of piperazine rings is 1. The Morgan fingerprint density at radius 1 is 1.12 bits per heavy atom. The third kappa shape index (κ3) is 6.94. The fraction of sp³-hybridized carbons (Fsp3) is 0.393. The first-order valence-corrected chi connectivity index (χ1v) is 15.7. The number of carbonyl (C=O) groups is 2. The zero-order valence-corrected chi connectivity index (χ0v) is 24.9. The van der Waals surface area contributed by atoms with Gasteiger partial charge in [-0.15, -0.1) is 13.2 Å². The summed E-state index contributed by atoms with van der Waals surface area (Å²) in [5.74, 6) is -1.73. The molecule has 0 spiro atoms. The van der Waals surface area contributed by atoms with Gasteiger partial charge in [0.05, 0.1) is 10.6 Å². The Morgan fingerprint density at radius 2 is 1.81 bits per heavy atom. The number of aryl methyl sites for hydroxylation is 2. The molecular formula is C28H29F3N4O6S2. The topological polar surface area (TPSA) is 129 Å². The van der Waals surface area contributed by atoms with Gasteiger partial charge in [0.2, 0.25) is 15.9 Å². The number of nitrogens with one attached hydrogen (secondary N) is 1. The minimum atomic E-state index is -4.94. The minimum Gasteiger partial charge on any atom is -0.477 e. The van der Waals surface area contributed by atoms with Crippen LogP contribution in [0.1, 0.15) is 50.8 Å². The molecule has 1 saturated heterocycles. The number of aromatic nitrogens is 1. The number of ether oxygens (including phenoxy) is 1. The Bertz CT molecular complexity index is 1640. The molecule has 3 aromatic rings. The average molecular weight is 639 g/mol. The zero-order chi connectivity index (χ0) is 31.1. The van der Waals surface area contributed by atoms with Crippen LogP contribution in [-0.4, -0.2) is 66.7 Å². The summed E-state index contributed by atoms with van der Waals surface area (Å²) in [5.41, 5.74) is 3.43. The fourth-order valence-corrected chi connectivity index (χ4v) is 7.51. The van der Waals surface area contributed by atoms with Crippen molar-refractivity contribution < 1.29 is 41.0 Å². The van der Waals surface area contributed by atoms with Gasteiger partial charge >= 0.3 is 12.3 Å². The average Bonchev–Trinajstić information content (AvgIpc) is 3.72. The number of carboxylic acid groups (broad SMARTS) is 1. The highest BCUT2D eigenvalue weighted by atomic mass is 32.2. The van der Waals surface area contributed by atoms with Crippen LogP contribution in [0.25, 0.3) is 0 Å². The number of alkyl halides is 3. The summed E-state index contributed by atoms with van der Waals surface area (Å²) in [5, 5.41) is 12.6. The molecule has 1 aromatic heterocycles. The van der Waals surface area contributed by atoms with Gasteiger partial charge in [-0.1, -0.05) is 29.5 Å². The lowest BCUT2D eigenvalue weighted by atomic mass is 10.0. The second-order valence-electron chi connectivity index (χ2n) is 10.5. The first kappa shape index (κ1) is 30.8. The van der Waals surface area contributed by atoms with E-state index in [0.29, 0.717) is 16.7 Å². The van der Waals surface area contributed by atoms with E-state index in [9.17, 15) is 36.3 Å². The molecule has 2 N–H and O–H groups in total. The molecule has 10 nitrogen and oxygen atoms in total. The molecule has 1 atom stereocenters. The number of aromatic carboxylic acids is 1. The number of thiazole rings is 1. The van der Waals surface area contributed by atoms with Gasteiger partial charge in [-0.25, -0.2) is 18.2 Å². The van der Waals surface area contributed by atoms with E-state index >= 15 is 0 Å². The lowest BCUT2D eigenvalue weighted by Gasteiger charge is -2.39. The number of rotatable bonds is 9. The molecule has 5 rings (SSSR count). The molecule has 230 valence electrons. The summed E-state index contributed by atoms with van der Waals surface area (Å²) in [6, 6.07) is 8.60. The van der Waals surface area contributed by atoms with Gasteiger partial charge in [0.1, 0.15) is 16.7 Å². The first-order valence-electron chi connectivity index (χ1n) is 13.4. The maximum absolute atomic E-state index is 13.7. The number of carbonyl (C=O) groups excluding carboxylic acids is 1. The summed E-state index contributed by atoms with van der Waals surface area (Å²) < 4.78 is 70.0. The molecule has 0 bridgehead atoms. The summed E-state index contributed by atoms with van der Waals surface area (Å²) in [6.07, 6.45) is -2.63. The molecule has 1 aliphatic heterocycles. The predicted octanol–water partition coefficient (Wildman–Crippen LogP) is 4.43. The molecular weight excluding hydrogens is 609 g/mol. The Labute approximate surface area is 250 Å². The molecule has 1 amide bonds. The number of hydrogen-bond donors (Lipinski definition) is 2. The molecule has 1 saturated carbocycles. The second kappa shape index (κ2) is 11.8. The fourth-order valence-electron chi connectivity index (χ4n) is 4.99. The molecule has 0 unspecified atom stereocenters. The van der Waals surface area contributed by atoms with Gasteiger partial charge in [-0.05, 0) is 73.6 Å². The number of halogens is 3. The van der Waals surface area contributed by atoms with Crippen LogP contribution in [-0.2, 0) is 21.4 Å². The van der Waals surface area contributed by atoms with Crippen molar-refractivity contribution in [2.24, 2.45) is 0 Å². The molecule has 1 aliphatic carbocycles. The largest absolute Gasteiger partial charge is 0.573 e. The predicted molar refractivity (Wildman–Crippen MR) is 152 cm³/mol. The number of amides is 1. The lowest BCUT2D eigenvalue weighted by molar-refractivity contribution is -0.274. The number of benzene rings is 2. The number of hydrogen-bond acceptors (Lipinski definition) is 8. The van der Waals surface area contributed by atoms with Gasteiger partial charge in [-0.2, -0.15) is 4.31 Å². The van der Waals surface area contributed by atoms with Gasteiger partial charge in [0, 0.05) is 26.2 Å². The number of nitrogens with zero attached hydrogens (tertiary/aromatic N) is 3. The van der Waals surface area contributed by atoms with Gasteiger partial charge in [-0.3, -0.25) is 4.79 Å². The highest BCUT2D eigenvalue weighted by molar-refractivity contribution is 7.89. The standard InChI is InChI=1S/C28H29F3N4O6S2/c1-16-13-19(18-3-4-18)5-6-20(16)14-32-25(36)23-15-34(27-33-17(2)24(42-27)26(37)38)11-12-35(23)43(39,40)22-9-7-21(8-10-22)41-28(29,30)31/h5-10,13,18,23H,3-4,11-12,14-15H2,1-2H3,(H,32,36)(H,37,38)/t23-/m1/s1. The first-order chi connectivity index (χ1) is 20.2. The highest BCUT2D eigenvalue weighted by Gasteiger charge is 2.41. The van der Waals surface area contributed by atoms with Gasteiger partial charge in [0.25, 0.3) is 0 Å². The van der Waals surface area contributed by atoms with E-state index in [1.54, 1.807) is 11.8 Å². The third-order valence-corrected chi connectivity index (χ3v) is 10.5. The quantitative estimate of drug-likeness (QED) is 0.352. The molecule has 2 heterocycles. The highest BCUT2D eigenvalue weighted by Crippen LogP contribution is 2.40. The van der Waals surface area contributed by atoms with Crippen LogP contribution in [0, 0.1) is 13.8 Å². The van der Waals surface area contributed by atoms with Crippen molar-refractivity contribution in [3.8, 4) is 5.75 Å². The molecule has 0 radical (unpaired) electrons. The van der Waals surface area contributed by atoms with Crippen LogP contribution in [0.15, 0.2) is 47.4 Å². The molecule has 2 aliphatic rings. The Hall–Kier alpha value is -3.69. The maximum Gasteiger partial charge on any atom is 0.573 e. The monoisotopic (exact) mass is 638 g/mol. The third-order valence-electron chi connectivity index (χ3n) is 7.42. The normalized spacial score (nSPS) is 18.0. The van der Waals surface area contributed by atoms with Crippen molar-refractivity contribution in [2.75, 3.05) is 24.5 Å². The molecule has 2 aromatic carbocycles. The zero-order valence-electron chi connectivity index (χ0n) is 23.2. The molecule has 2 fully saturated rings. The van der Waals surface area contributed by atoms with E-state index in [0.717, 1.165) is 63.9 Å². The van der Waals surface area contributed by atoms with Crippen LogP contribution in [0.5, 0.6) is 5.75 Å². The van der Waals surface area contributed by atoms with Crippen molar-refractivity contribution in [1.82, 2.24) is 14.6 Å². The lowest BCUT2D eigenvalue weighted by Crippen LogP contribution is -2.60. The van der Waals surface area contributed by atoms with Crippen LogP contribution in [0.2, 0.25) is 0 Å². The van der Waals surface area contributed by atoms with Crippen molar-refractivity contribution >= 4 is 38.4 Å². The van der Waals surface area contributed by atoms with Crippen molar-refractivity contribution in [3.05, 3.63) is 69.7 Å². The summed E-state index contributed by atoms with van der Waals surface area (Å²) in [6.45, 7) is 3.49. The van der Waals surface area contributed by atoms with E-state index in [2.05, 4.69) is 21.1 Å². The number of carboxylic acids is 1. The maximum atomic E-state index is 13.7. The van der Waals surface area contributed by atoms with Gasteiger partial charge < -0.3 is 20.1 Å². The van der Waals surface area contributed by atoms with Crippen LogP contribution < -0.4 is 15.0 Å².